The molecule has 6 aliphatic heterocycles. The lowest BCUT2D eigenvalue weighted by molar-refractivity contribution is 0.866. The molecule has 20 aromatic rings. The number of rotatable bonds is 16. The maximum atomic E-state index is 2.64. The maximum absolute atomic E-state index is 2.64. The molecule has 26 rings (SSSR count). The minimum Gasteiger partial charge on any atom is -0.312 e. The van der Waals surface area contributed by atoms with Crippen molar-refractivity contribution in [2.24, 2.45) is 0 Å². The molecule has 6 aliphatic rings. The quantitative estimate of drug-likeness (QED) is 0.0892. The van der Waals surface area contributed by atoms with Crippen molar-refractivity contribution >= 4 is 249 Å². The summed E-state index contributed by atoms with van der Waals surface area (Å²) in [5.74, 6) is 1.79. The van der Waals surface area contributed by atoms with E-state index < -0.39 is 24.2 Å². The second-order valence-electron chi connectivity index (χ2n) is 44.3. The number of fused-ring (bicyclic) bond motifs is 16. The van der Waals surface area contributed by atoms with Gasteiger partial charge in [-0.15, -0.1) is 0 Å². The van der Waals surface area contributed by atoms with Gasteiger partial charge >= 0.3 is 0 Å². The smallest absolute Gasteiger partial charge is 0.252 e. The summed E-state index contributed by atoms with van der Waals surface area (Å²) in [6, 6.07) is 167. The third kappa shape index (κ3) is 15.9. The fourth-order valence-corrected chi connectivity index (χ4v) is 33.0. The molecule has 12 heteroatoms. The van der Waals surface area contributed by atoms with Crippen LogP contribution in [0.2, 0.25) is 39.3 Å². The molecule has 0 spiro atoms. The van der Waals surface area contributed by atoms with Gasteiger partial charge < -0.3 is 29.4 Å². The van der Waals surface area contributed by atoms with Gasteiger partial charge in [0.05, 0.1) is 0 Å². The van der Waals surface area contributed by atoms with E-state index in [-0.39, 0.29) is 20.1 Å². The summed E-state index contributed by atoms with van der Waals surface area (Å²) in [5.41, 5.74) is 43.2. The van der Waals surface area contributed by atoms with Gasteiger partial charge in [0.15, 0.2) is 0 Å². The van der Waals surface area contributed by atoms with Gasteiger partial charge in [0.2, 0.25) is 0 Å². The normalized spacial score (nSPS) is 13.4. The monoisotopic (exact) mass is 1960 g/mol. The van der Waals surface area contributed by atoms with E-state index in [4.69, 9.17) is 0 Å². The van der Waals surface area contributed by atoms with Crippen LogP contribution in [0.25, 0.3) is 21.5 Å². The summed E-state index contributed by atoms with van der Waals surface area (Å²) < 4.78 is 0. The van der Waals surface area contributed by atoms with Crippen LogP contribution in [0.15, 0.2) is 443 Å². The molecule has 0 fully saturated rings. The van der Waals surface area contributed by atoms with Crippen molar-refractivity contribution in [2.75, 3.05) is 29.4 Å². The van der Waals surface area contributed by atoms with Crippen LogP contribution in [0.3, 0.4) is 0 Å². The van der Waals surface area contributed by atoms with Gasteiger partial charge in [-0.1, -0.05) is 449 Å². The zero-order chi connectivity index (χ0) is 101. The van der Waals surface area contributed by atoms with E-state index in [1.807, 2.05) is 0 Å². The fraction of sp³-hybridized carbons (Fsp3) is 0.147. The van der Waals surface area contributed by atoms with E-state index in [0.29, 0.717) is 23.7 Å². The Labute approximate surface area is 879 Å². The molecule has 6 nitrogen and oxygen atoms in total. The lowest BCUT2D eigenvalue weighted by Crippen LogP contribution is -2.65. The summed E-state index contributed by atoms with van der Waals surface area (Å²) in [6.45, 7) is 38.3. The summed E-state index contributed by atoms with van der Waals surface area (Å²) in [4.78, 5) is 15.4. The zero-order valence-electron chi connectivity index (χ0n) is 87.9. The SMILES string of the molecule is CC(C)c1ccc(N2c3ccc(C(C)C)cc3B3c4cc(C(C)C)ccc4N(c4ccc(C(C)C)cc4)c4c([Si](C)(C)c5ccccc5)ccc2c43)cc1.C[Si](C)(c1ccccc1)c1ccc2c3c1N(c1ccccc1)c1c(ccc4ccccc14)B3c1ccc3ccccc3c1N2c1ccccc1.Cc1ccc(N2c3ccc(C)cc3B3c4ccccc4N(c4ccccc4)c4ccc([Si](C)(C)c5ccccc5)c2c43)cc1. The predicted molar refractivity (Wildman–Crippen MR) is 652 cm³/mol. The van der Waals surface area contributed by atoms with Crippen LogP contribution < -0.4 is 110 Å². The van der Waals surface area contributed by atoms with Crippen LogP contribution in [-0.2, 0) is 0 Å². The van der Waals surface area contributed by atoms with Gasteiger partial charge in [-0.3, -0.25) is 0 Å². The van der Waals surface area contributed by atoms with Gasteiger partial charge in [-0.25, -0.2) is 0 Å². The highest BCUT2D eigenvalue weighted by Crippen LogP contribution is 2.52. The lowest BCUT2D eigenvalue weighted by Gasteiger charge is -2.47. The van der Waals surface area contributed by atoms with Crippen molar-refractivity contribution in [3.63, 3.8) is 0 Å². The Bertz CT molecular complexity index is 8470. The van der Waals surface area contributed by atoms with Crippen LogP contribution >= 0.6 is 0 Å². The van der Waals surface area contributed by atoms with Crippen LogP contribution in [0.4, 0.5) is 102 Å². The summed E-state index contributed by atoms with van der Waals surface area (Å²) in [6.07, 6.45) is 0. The maximum Gasteiger partial charge on any atom is 0.252 e. The van der Waals surface area contributed by atoms with Crippen molar-refractivity contribution in [1.82, 2.24) is 0 Å². The minimum absolute atomic E-state index is 0.0552. The molecule has 0 unspecified atom stereocenters. The molecule has 148 heavy (non-hydrogen) atoms. The van der Waals surface area contributed by atoms with E-state index in [2.05, 4.69) is 581 Å². The molecule has 20 aromatic carbocycles. The Balaban J connectivity index is 0.000000119. The summed E-state index contributed by atoms with van der Waals surface area (Å²) >= 11 is 0. The number of nitrogens with zero attached hydrogens (tertiary/aromatic N) is 6. The number of hydrogen-bond donors (Lipinski definition) is 0. The van der Waals surface area contributed by atoms with Crippen LogP contribution in [0.1, 0.15) is 112 Å². The van der Waals surface area contributed by atoms with E-state index >= 15 is 0 Å². The highest BCUT2D eigenvalue weighted by atomic mass is 28.3. The molecule has 6 heterocycles. The largest absolute Gasteiger partial charge is 0.312 e. The third-order valence-electron chi connectivity index (χ3n) is 33.0. The summed E-state index contributed by atoms with van der Waals surface area (Å²) in [7, 11) is -6.61. The van der Waals surface area contributed by atoms with Gasteiger partial charge in [-0.2, -0.15) is 0 Å². The first kappa shape index (κ1) is 94.8. The van der Waals surface area contributed by atoms with Crippen molar-refractivity contribution in [2.45, 2.75) is 132 Å². The standard InChI is InChI=1S/C50H55BN2Si.C46H35BN2Si.C40H35BN2Si/c1-32(2)36-16-22-40(23-17-36)52-45-26-20-38(34(5)6)30-43(45)51-44-31-39(35(7)8)21-27-46(44)53(41-24-18-37(19-25-41)33(3)4)50-48(29-28-47(52)49(50)51)54(9,10)42-14-12-11-13-15-42;1-50(2,36-22-10-5-11-23-36)42-31-30-41-43-46(42)49(35-20-8-4-9-21-35)45-38-25-15-13-17-33(38)27-29-40(45)47(43)39-28-26-32-16-12-14-24-37(32)44(39)48(41)34-18-6-3-7-19-34;1-28-19-22-31(23-20-28)43-36-24-21-29(2)27-34(36)41-33-17-11-12-18-35(33)42(30-13-7-5-8-14-30)37-25-26-38(40(43)39(37)41)44(3,4)32-15-9-6-10-16-32/h11-35H,1-10H3;3-31H,1-2H3;5-27H,1-4H3. The molecule has 0 bridgehead atoms. The molecule has 0 atom stereocenters. The average Bonchev–Trinajstić information content (AvgIpc) is 0.691. The van der Waals surface area contributed by atoms with E-state index in [1.165, 1.54) is 238 Å². The Morgan fingerprint density at radius 3 is 0.878 bits per heavy atom. The van der Waals surface area contributed by atoms with Crippen molar-refractivity contribution in [3.05, 3.63) is 476 Å². The number of para-hydroxylation sites is 4. The van der Waals surface area contributed by atoms with Gasteiger partial charge in [0, 0.05) is 113 Å². The number of benzene rings is 20. The molecule has 0 aromatic heterocycles. The van der Waals surface area contributed by atoms with E-state index in [1.54, 1.807) is 0 Å². The fourth-order valence-electron chi connectivity index (χ4n) is 25.0. The van der Waals surface area contributed by atoms with Gasteiger partial charge in [0.25, 0.3) is 20.1 Å². The molecule has 0 N–H and O–H groups in total. The minimum atomic E-state index is -2.24. The van der Waals surface area contributed by atoms with Crippen LogP contribution in [0.5, 0.6) is 0 Å². The van der Waals surface area contributed by atoms with E-state index in [0.717, 1.165) is 0 Å². The van der Waals surface area contributed by atoms with Crippen LogP contribution in [-0.4, -0.2) is 44.4 Å². The second kappa shape index (κ2) is 37.8. The highest BCUT2D eigenvalue weighted by molar-refractivity contribution is 7.07. The molecule has 0 aliphatic carbocycles. The molecule has 0 saturated heterocycles. The highest BCUT2D eigenvalue weighted by Gasteiger charge is 2.52. The van der Waals surface area contributed by atoms with Crippen molar-refractivity contribution < 1.29 is 0 Å². The Morgan fingerprint density at radius 1 is 0.189 bits per heavy atom. The Kier molecular flexibility index (Phi) is 24.2. The molecular weight excluding hydrogens is 1830 g/mol. The summed E-state index contributed by atoms with van der Waals surface area (Å²) in [5, 5.41) is 13.8. The first-order valence-electron chi connectivity index (χ1n) is 53.3. The molecular formula is C136H125B3N6Si3. The van der Waals surface area contributed by atoms with E-state index in [9.17, 15) is 0 Å². The predicted octanol–water partition coefficient (Wildman–Crippen LogP) is 27.2. The topological polar surface area (TPSA) is 19.4 Å². The molecule has 720 valence electrons. The lowest BCUT2D eigenvalue weighted by atomic mass is 9.33. The first-order valence-corrected chi connectivity index (χ1v) is 62.3. The molecule has 0 radical (unpaired) electrons. The Hall–Kier alpha value is -15.4. The number of aryl methyl sites for hydroxylation is 2. The third-order valence-corrected chi connectivity index (χ3v) is 43.6. The number of anilines is 18. The van der Waals surface area contributed by atoms with Crippen molar-refractivity contribution in [3.8, 4) is 0 Å². The Morgan fingerprint density at radius 2 is 0.459 bits per heavy atom. The first-order chi connectivity index (χ1) is 71.9. The average molecular weight is 1960 g/mol. The second-order valence-corrected chi connectivity index (χ2v) is 57.4. The molecule has 0 saturated carbocycles. The van der Waals surface area contributed by atoms with Crippen LogP contribution in [0, 0.1) is 13.8 Å². The van der Waals surface area contributed by atoms with Gasteiger partial charge in [-0.05, 0) is 251 Å². The van der Waals surface area contributed by atoms with Crippen molar-refractivity contribution in [1.29, 1.82) is 0 Å². The number of hydrogen-bond acceptors (Lipinski definition) is 6. The zero-order valence-corrected chi connectivity index (χ0v) is 90.9. The molecule has 0 amide bonds. The van der Waals surface area contributed by atoms with Gasteiger partial charge in [0.1, 0.15) is 24.2 Å².